The van der Waals surface area contributed by atoms with Crippen LogP contribution in [0.5, 0.6) is 5.75 Å². The van der Waals surface area contributed by atoms with Crippen molar-refractivity contribution in [3.05, 3.63) is 29.8 Å². The maximum atomic E-state index is 12.3. The Labute approximate surface area is 121 Å². The lowest BCUT2D eigenvalue weighted by Gasteiger charge is -2.19. The monoisotopic (exact) mass is 297 g/mol. The molecule has 1 aliphatic rings. The van der Waals surface area contributed by atoms with Gasteiger partial charge in [0.1, 0.15) is 5.75 Å². The van der Waals surface area contributed by atoms with Crippen LogP contribution < -0.4 is 4.74 Å². The second-order valence-electron chi connectivity index (χ2n) is 5.54. The average Bonchev–Trinajstić information content (AvgIpc) is 2.91. The SMILES string of the molecule is COc1cccc(CN(C)S(=O)(=O)CC2CCCC2)c1. The lowest BCUT2D eigenvalue weighted by Crippen LogP contribution is -2.31. The van der Waals surface area contributed by atoms with Crippen molar-refractivity contribution >= 4 is 10.0 Å². The number of hydrogen-bond donors (Lipinski definition) is 0. The number of hydrogen-bond acceptors (Lipinski definition) is 3. The average molecular weight is 297 g/mol. The minimum Gasteiger partial charge on any atom is -0.497 e. The summed E-state index contributed by atoms with van der Waals surface area (Å²) < 4.78 is 31.3. The van der Waals surface area contributed by atoms with E-state index in [9.17, 15) is 8.42 Å². The van der Waals surface area contributed by atoms with Crippen LogP contribution in [0.4, 0.5) is 0 Å². The summed E-state index contributed by atoms with van der Waals surface area (Å²) in [6, 6.07) is 7.54. The Morgan fingerprint density at radius 3 is 2.65 bits per heavy atom. The summed E-state index contributed by atoms with van der Waals surface area (Å²) in [6.45, 7) is 0.395. The van der Waals surface area contributed by atoms with E-state index >= 15 is 0 Å². The molecule has 5 heteroatoms. The molecular weight excluding hydrogens is 274 g/mol. The highest BCUT2D eigenvalue weighted by molar-refractivity contribution is 7.89. The number of methoxy groups -OCH3 is 1. The number of sulfonamides is 1. The molecule has 4 nitrogen and oxygen atoms in total. The van der Waals surface area contributed by atoms with Crippen molar-refractivity contribution < 1.29 is 13.2 Å². The van der Waals surface area contributed by atoms with Gasteiger partial charge in [-0.25, -0.2) is 12.7 Å². The van der Waals surface area contributed by atoms with E-state index in [0.717, 1.165) is 24.2 Å². The third-order valence-corrected chi connectivity index (χ3v) is 5.91. The zero-order valence-corrected chi connectivity index (χ0v) is 13.0. The molecule has 1 fully saturated rings. The van der Waals surface area contributed by atoms with Gasteiger partial charge >= 0.3 is 0 Å². The fourth-order valence-corrected chi connectivity index (χ4v) is 4.26. The van der Waals surface area contributed by atoms with Crippen LogP contribution in [-0.4, -0.2) is 32.6 Å². The van der Waals surface area contributed by atoms with Crippen LogP contribution >= 0.6 is 0 Å². The van der Waals surface area contributed by atoms with Gasteiger partial charge in [0.2, 0.25) is 10.0 Å². The Balaban J connectivity index is 2.00. The van der Waals surface area contributed by atoms with Crippen molar-refractivity contribution in [2.75, 3.05) is 19.9 Å². The van der Waals surface area contributed by atoms with Gasteiger partial charge in [-0.3, -0.25) is 0 Å². The standard InChI is InChI=1S/C15H23NO3S/c1-16(11-14-8-5-9-15(10-14)19-2)20(17,18)12-13-6-3-4-7-13/h5,8-10,13H,3-4,6-7,11-12H2,1-2H3. The molecule has 1 aromatic rings. The van der Waals surface area contributed by atoms with Gasteiger partial charge in [0.05, 0.1) is 12.9 Å². The van der Waals surface area contributed by atoms with Gasteiger partial charge in [0.15, 0.2) is 0 Å². The van der Waals surface area contributed by atoms with E-state index in [1.165, 1.54) is 17.1 Å². The quantitative estimate of drug-likeness (QED) is 0.811. The Morgan fingerprint density at radius 1 is 1.30 bits per heavy atom. The zero-order valence-electron chi connectivity index (χ0n) is 12.2. The number of ether oxygens (including phenoxy) is 1. The summed E-state index contributed by atoms with van der Waals surface area (Å²) in [4.78, 5) is 0. The first-order chi connectivity index (χ1) is 9.51. The normalized spacial score (nSPS) is 16.8. The lowest BCUT2D eigenvalue weighted by molar-refractivity contribution is 0.412. The molecule has 0 aliphatic heterocycles. The molecule has 2 rings (SSSR count). The van der Waals surface area contributed by atoms with Gasteiger partial charge in [0.25, 0.3) is 0 Å². The van der Waals surface area contributed by atoms with Crippen molar-refractivity contribution in [3.8, 4) is 5.75 Å². The Morgan fingerprint density at radius 2 is 2.00 bits per heavy atom. The highest BCUT2D eigenvalue weighted by atomic mass is 32.2. The molecule has 0 bridgehead atoms. The van der Waals surface area contributed by atoms with Crippen molar-refractivity contribution in [2.24, 2.45) is 5.92 Å². The summed E-state index contributed by atoms with van der Waals surface area (Å²) in [7, 11) is 0.0983. The molecule has 0 atom stereocenters. The fraction of sp³-hybridized carbons (Fsp3) is 0.600. The molecular formula is C15H23NO3S. The largest absolute Gasteiger partial charge is 0.497 e. The summed E-state index contributed by atoms with van der Waals surface area (Å²) in [5, 5.41) is 0. The maximum Gasteiger partial charge on any atom is 0.214 e. The second kappa shape index (κ2) is 6.59. The van der Waals surface area contributed by atoms with Gasteiger partial charge in [-0.1, -0.05) is 25.0 Å². The van der Waals surface area contributed by atoms with Gasteiger partial charge in [-0.15, -0.1) is 0 Å². The molecule has 20 heavy (non-hydrogen) atoms. The van der Waals surface area contributed by atoms with Crippen molar-refractivity contribution in [3.63, 3.8) is 0 Å². The highest BCUT2D eigenvalue weighted by Gasteiger charge is 2.25. The fourth-order valence-electron chi connectivity index (χ4n) is 2.73. The molecule has 1 saturated carbocycles. The van der Waals surface area contributed by atoms with E-state index < -0.39 is 10.0 Å². The Hall–Kier alpha value is -1.07. The molecule has 0 aromatic heterocycles. The molecule has 0 heterocycles. The van der Waals surface area contributed by atoms with E-state index in [-0.39, 0.29) is 5.75 Å². The maximum absolute atomic E-state index is 12.3. The van der Waals surface area contributed by atoms with Gasteiger partial charge in [-0.05, 0) is 36.5 Å². The number of benzene rings is 1. The van der Waals surface area contributed by atoms with Crippen LogP contribution in [0.15, 0.2) is 24.3 Å². The highest BCUT2D eigenvalue weighted by Crippen LogP contribution is 2.27. The molecule has 0 spiro atoms. The molecule has 0 N–H and O–H groups in total. The van der Waals surface area contributed by atoms with Crippen molar-refractivity contribution in [2.45, 2.75) is 32.2 Å². The van der Waals surface area contributed by atoms with Crippen LogP contribution in [0.1, 0.15) is 31.2 Å². The third-order valence-electron chi connectivity index (χ3n) is 3.94. The first-order valence-corrected chi connectivity index (χ1v) is 8.69. The van der Waals surface area contributed by atoms with Crippen molar-refractivity contribution in [1.82, 2.24) is 4.31 Å². The smallest absolute Gasteiger partial charge is 0.214 e. The van der Waals surface area contributed by atoms with E-state index in [0.29, 0.717) is 12.5 Å². The summed E-state index contributed by atoms with van der Waals surface area (Å²) in [6.07, 6.45) is 4.43. The Bertz CT molecular complexity index is 536. The number of nitrogens with zero attached hydrogens (tertiary/aromatic N) is 1. The van der Waals surface area contributed by atoms with Crippen LogP contribution in [-0.2, 0) is 16.6 Å². The predicted octanol–water partition coefficient (Wildman–Crippen LogP) is 2.65. The molecule has 1 aliphatic carbocycles. The van der Waals surface area contributed by atoms with Crippen molar-refractivity contribution in [1.29, 1.82) is 0 Å². The van der Waals surface area contributed by atoms with E-state index in [4.69, 9.17) is 4.74 Å². The molecule has 0 amide bonds. The first-order valence-electron chi connectivity index (χ1n) is 7.08. The van der Waals surface area contributed by atoms with E-state index in [1.54, 1.807) is 14.2 Å². The first kappa shape index (κ1) is 15.3. The summed E-state index contributed by atoms with van der Waals surface area (Å²) >= 11 is 0. The second-order valence-corrected chi connectivity index (χ2v) is 7.66. The zero-order chi connectivity index (χ0) is 14.6. The molecule has 0 saturated heterocycles. The minimum absolute atomic E-state index is 0.285. The molecule has 0 radical (unpaired) electrons. The van der Waals surface area contributed by atoms with Crippen LogP contribution in [0, 0.1) is 5.92 Å². The van der Waals surface area contributed by atoms with E-state index in [1.807, 2.05) is 24.3 Å². The van der Waals surface area contributed by atoms with Gasteiger partial charge in [0, 0.05) is 13.6 Å². The van der Waals surface area contributed by atoms with E-state index in [2.05, 4.69) is 0 Å². The van der Waals surface area contributed by atoms with Gasteiger partial charge in [-0.2, -0.15) is 0 Å². The predicted molar refractivity (Wildman–Crippen MR) is 80.2 cm³/mol. The summed E-state index contributed by atoms with van der Waals surface area (Å²) in [5.74, 6) is 1.38. The summed E-state index contributed by atoms with van der Waals surface area (Å²) in [5.41, 5.74) is 0.946. The van der Waals surface area contributed by atoms with Gasteiger partial charge < -0.3 is 4.74 Å². The molecule has 112 valence electrons. The third kappa shape index (κ3) is 3.96. The molecule has 1 aromatic carbocycles. The van der Waals surface area contributed by atoms with Crippen LogP contribution in [0.2, 0.25) is 0 Å². The Kier molecular flexibility index (Phi) is 5.05. The van der Waals surface area contributed by atoms with Crippen LogP contribution in [0.25, 0.3) is 0 Å². The topological polar surface area (TPSA) is 46.6 Å². The lowest BCUT2D eigenvalue weighted by atomic mass is 10.1. The molecule has 0 unspecified atom stereocenters. The van der Waals surface area contributed by atoms with Crippen LogP contribution in [0.3, 0.4) is 0 Å². The minimum atomic E-state index is -3.17. The number of rotatable bonds is 6.